The van der Waals surface area contributed by atoms with Crippen LogP contribution in [0.15, 0.2) is 12.0 Å². The Morgan fingerprint density at radius 1 is 1.46 bits per heavy atom. The number of aliphatic hydroxyl groups excluding tert-OH is 1. The second kappa shape index (κ2) is 4.51. The Morgan fingerprint density at radius 2 is 2.23 bits per heavy atom. The van der Waals surface area contributed by atoms with E-state index in [0.717, 1.165) is 25.7 Å². The molecule has 3 heteroatoms. The summed E-state index contributed by atoms with van der Waals surface area (Å²) in [7, 11) is 0. The molecule has 0 saturated heterocycles. The Kier molecular flexibility index (Phi) is 3.60. The third-order valence-electron chi connectivity index (χ3n) is 2.33. The van der Waals surface area contributed by atoms with Crippen molar-refractivity contribution in [1.82, 2.24) is 0 Å². The topological polar surface area (TPSA) is 38.7 Å². The molecule has 0 spiro atoms. The van der Waals surface area contributed by atoms with Gasteiger partial charge in [-0.05, 0) is 6.42 Å². The molecule has 0 bridgehead atoms. The van der Waals surface area contributed by atoms with Crippen molar-refractivity contribution in [3.8, 4) is 0 Å². The molecule has 1 unspecified atom stereocenters. The largest absolute Gasteiger partial charge is 0.456 e. The summed E-state index contributed by atoms with van der Waals surface area (Å²) >= 11 is 0. The molecule has 0 amide bonds. The monoisotopic (exact) mass is 186 g/mol. The number of hydrogen-bond donors (Lipinski definition) is 1. The van der Waals surface area contributed by atoms with Crippen LogP contribution in [0.5, 0.6) is 0 Å². The summed E-state index contributed by atoms with van der Waals surface area (Å²) in [6.07, 6.45) is 5.44. The van der Waals surface area contributed by atoms with E-state index < -0.39 is 5.79 Å². The highest BCUT2D eigenvalue weighted by molar-refractivity contribution is 4.96. The van der Waals surface area contributed by atoms with Gasteiger partial charge in [0.05, 0.1) is 0 Å². The Labute approximate surface area is 79.3 Å². The summed E-state index contributed by atoms with van der Waals surface area (Å²) in [6.45, 7) is 4.09. The summed E-state index contributed by atoms with van der Waals surface area (Å²) < 4.78 is 11.0. The maximum Gasteiger partial charge on any atom is 0.250 e. The first-order valence-corrected chi connectivity index (χ1v) is 4.93. The highest BCUT2D eigenvalue weighted by Crippen LogP contribution is 2.32. The van der Waals surface area contributed by atoms with E-state index in [1.54, 1.807) is 0 Å². The van der Waals surface area contributed by atoms with E-state index in [2.05, 4.69) is 6.92 Å². The van der Waals surface area contributed by atoms with Gasteiger partial charge in [0.2, 0.25) is 5.79 Å². The first-order chi connectivity index (χ1) is 6.26. The predicted octanol–water partition coefficient (Wildman–Crippen LogP) is 2.16. The summed E-state index contributed by atoms with van der Waals surface area (Å²) in [5, 5.41) is 8.85. The summed E-state index contributed by atoms with van der Waals surface area (Å²) in [6, 6.07) is 0. The van der Waals surface area contributed by atoms with E-state index in [0.29, 0.717) is 5.76 Å². The minimum Gasteiger partial charge on any atom is -0.456 e. The molecule has 0 fully saturated rings. The highest BCUT2D eigenvalue weighted by Gasteiger charge is 2.35. The van der Waals surface area contributed by atoms with Crippen LogP contribution in [0.2, 0.25) is 0 Å². The second-order valence-electron chi connectivity index (χ2n) is 3.33. The van der Waals surface area contributed by atoms with Gasteiger partial charge in [-0.3, -0.25) is 0 Å². The van der Waals surface area contributed by atoms with Gasteiger partial charge in [-0.15, -0.1) is 0 Å². The van der Waals surface area contributed by atoms with Crippen molar-refractivity contribution in [3.63, 3.8) is 0 Å². The maximum atomic E-state index is 8.85. The van der Waals surface area contributed by atoms with Crippen molar-refractivity contribution in [3.05, 3.63) is 12.0 Å². The van der Waals surface area contributed by atoms with E-state index in [9.17, 15) is 0 Å². The zero-order valence-electron chi connectivity index (χ0n) is 8.38. The Bertz CT molecular complexity index is 189. The molecule has 1 heterocycles. The molecule has 0 radical (unpaired) electrons. The molecule has 1 rings (SSSR count). The van der Waals surface area contributed by atoms with Crippen molar-refractivity contribution in [2.75, 3.05) is 6.61 Å². The van der Waals surface area contributed by atoms with Gasteiger partial charge in [0.1, 0.15) is 12.9 Å². The van der Waals surface area contributed by atoms with Gasteiger partial charge in [-0.2, -0.15) is 0 Å². The van der Waals surface area contributed by atoms with Crippen LogP contribution in [0.4, 0.5) is 0 Å². The Hall–Kier alpha value is -0.700. The molecule has 3 nitrogen and oxygen atoms in total. The van der Waals surface area contributed by atoms with Gasteiger partial charge in [-0.1, -0.05) is 20.3 Å². The van der Waals surface area contributed by atoms with Gasteiger partial charge in [-0.25, -0.2) is 0 Å². The van der Waals surface area contributed by atoms with Crippen LogP contribution in [-0.4, -0.2) is 17.5 Å². The van der Waals surface area contributed by atoms with Crippen molar-refractivity contribution < 1.29 is 14.6 Å². The van der Waals surface area contributed by atoms with Crippen molar-refractivity contribution in [1.29, 1.82) is 0 Å². The summed E-state index contributed by atoms with van der Waals surface area (Å²) in [5.41, 5.74) is 0. The van der Waals surface area contributed by atoms with Crippen LogP contribution in [0.1, 0.15) is 39.5 Å². The van der Waals surface area contributed by atoms with E-state index in [4.69, 9.17) is 14.6 Å². The average molecular weight is 186 g/mol. The molecule has 0 aliphatic carbocycles. The number of aliphatic hydroxyl groups is 1. The Balaban J connectivity index is 2.46. The standard InChI is InChI=1S/C10H18O3/c1-3-5-6-10(4-2)12-8-9(7-11)13-10/h8,11H,3-7H2,1-2H3. The van der Waals surface area contributed by atoms with Crippen LogP contribution >= 0.6 is 0 Å². The lowest BCUT2D eigenvalue weighted by Crippen LogP contribution is -2.29. The normalized spacial score (nSPS) is 26.5. The van der Waals surface area contributed by atoms with Crippen LogP contribution in [-0.2, 0) is 9.47 Å². The zero-order chi connectivity index (χ0) is 9.73. The lowest BCUT2D eigenvalue weighted by Gasteiger charge is -2.26. The molecule has 0 aromatic heterocycles. The van der Waals surface area contributed by atoms with Crippen molar-refractivity contribution in [2.45, 2.75) is 45.3 Å². The molecule has 76 valence electrons. The number of rotatable bonds is 5. The van der Waals surface area contributed by atoms with Crippen LogP contribution in [0.3, 0.4) is 0 Å². The molecule has 0 saturated carbocycles. The third kappa shape index (κ3) is 2.37. The van der Waals surface area contributed by atoms with Crippen LogP contribution in [0, 0.1) is 0 Å². The van der Waals surface area contributed by atoms with Gasteiger partial charge < -0.3 is 14.6 Å². The fourth-order valence-corrected chi connectivity index (χ4v) is 1.42. The van der Waals surface area contributed by atoms with E-state index in [1.165, 1.54) is 6.26 Å². The van der Waals surface area contributed by atoms with Crippen molar-refractivity contribution in [2.24, 2.45) is 0 Å². The highest BCUT2D eigenvalue weighted by atomic mass is 16.7. The Morgan fingerprint density at radius 3 is 2.69 bits per heavy atom. The van der Waals surface area contributed by atoms with Gasteiger partial charge in [0.25, 0.3) is 0 Å². The first-order valence-electron chi connectivity index (χ1n) is 4.93. The molecule has 0 aromatic rings. The first kappa shape index (κ1) is 10.4. The second-order valence-corrected chi connectivity index (χ2v) is 3.33. The van der Waals surface area contributed by atoms with Gasteiger partial charge in [0.15, 0.2) is 5.76 Å². The van der Waals surface area contributed by atoms with Crippen LogP contribution in [0.25, 0.3) is 0 Å². The van der Waals surface area contributed by atoms with Gasteiger partial charge >= 0.3 is 0 Å². The lowest BCUT2D eigenvalue weighted by molar-refractivity contribution is -0.158. The quantitative estimate of drug-likeness (QED) is 0.715. The molecule has 1 aliphatic rings. The SMILES string of the molecule is CCCCC1(CC)OC=C(CO)O1. The smallest absolute Gasteiger partial charge is 0.250 e. The molecule has 1 aliphatic heterocycles. The van der Waals surface area contributed by atoms with Gasteiger partial charge in [0, 0.05) is 12.8 Å². The number of hydrogen-bond acceptors (Lipinski definition) is 3. The maximum absolute atomic E-state index is 8.85. The molecular formula is C10H18O3. The summed E-state index contributed by atoms with van der Waals surface area (Å²) in [5.74, 6) is 0.0478. The van der Waals surface area contributed by atoms with E-state index >= 15 is 0 Å². The molecule has 0 aromatic carbocycles. The number of ether oxygens (including phenoxy) is 2. The van der Waals surface area contributed by atoms with E-state index in [-0.39, 0.29) is 6.61 Å². The molecule has 1 atom stereocenters. The zero-order valence-corrected chi connectivity index (χ0v) is 8.38. The molecule has 13 heavy (non-hydrogen) atoms. The fourth-order valence-electron chi connectivity index (χ4n) is 1.42. The third-order valence-corrected chi connectivity index (χ3v) is 2.33. The molecular weight excluding hydrogens is 168 g/mol. The fraction of sp³-hybridized carbons (Fsp3) is 0.800. The lowest BCUT2D eigenvalue weighted by atomic mass is 10.1. The number of unbranched alkanes of at least 4 members (excludes halogenated alkanes) is 1. The average Bonchev–Trinajstić information content (AvgIpc) is 2.59. The van der Waals surface area contributed by atoms with Crippen LogP contribution < -0.4 is 0 Å². The molecule has 1 N–H and O–H groups in total. The minimum absolute atomic E-state index is 0.0755. The summed E-state index contributed by atoms with van der Waals surface area (Å²) in [4.78, 5) is 0. The van der Waals surface area contributed by atoms with Crippen molar-refractivity contribution >= 4 is 0 Å². The van der Waals surface area contributed by atoms with E-state index in [1.807, 2.05) is 6.92 Å². The predicted molar refractivity (Wildman–Crippen MR) is 49.9 cm³/mol. The minimum atomic E-state index is -0.492.